The zero-order chi connectivity index (χ0) is 16.5. The second-order valence-electron chi connectivity index (χ2n) is 8.19. The fraction of sp³-hybridized carbons (Fsp3) is 0.455. The Hall–Kier alpha value is -1.76. The van der Waals surface area contributed by atoms with Gasteiger partial charge in [-0.05, 0) is 35.8 Å². The molecule has 1 fully saturated rings. The summed E-state index contributed by atoms with van der Waals surface area (Å²) < 4.78 is 0. The summed E-state index contributed by atoms with van der Waals surface area (Å²) in [4.78, 5) is 3.38. The molecule has 1 heteroatoms. The molecule has 2 aromatic carbocycles. The monoisotopic (exact) mass is 307 g/mol. The van der Waals surface area contributed by atoms with Crippen LogP contribution in [0.5, 0.6) is 0 Å². The Kier molecular flexibility index (Phi) is 4.23. The number of hydrogen-bond donors (Lipinski definition) is 1. The summed E-state index contributed by atoms with van der Waals surface area (Å²) in [6.07, 6.45) is 5.72. The molecule has 1 saturated carbocycles. The van der Waals surface area contributed by atoms with Crippen molar-refractivity contribution < 1.29 is 0 Å². The van der Waals surface area contributed by atoms with Gasteiger partial charge in [0.25, 0.3) is 0 Å². The summed E-state index contributed by atoms with van der Waals surface area (Å²) >= 11 is 0. The molecule has 0 saturated heterocycles. The van der Waals surface area contributed by atoms with E-state index in [9.17, 15) is 0 Å². The van der Waals surface area contributed by atoms with E-state index in [4.69, 9.17) is 0 Å². The SMILES string of the molecule is CC1(C)CCCCC1(C)C.c1ccc2c(c1)[nH]c1ccccc12. The van der Waals surface area contributed by atoms with Crippen molar-refractivity contribution in [3.8, 4) is 0 Å². The Morgan fingerprint density at radius 2 is 1.04 bits per heavy atom. The lowest BCUT2D eigenvalue weighted by molar-refractivity contribution is 0.0520. The maximum Gasteiger partial charge on any atom is 0.0464 e. The van der Waals surface area contributed by atoms with Crippen LogP contribution in [0, 0.1) is 10.8 Å². The number of benzene rings is 2. The molecule has 4 rings (SSSR count). The van der Waals surface area contributed by atoms with E-state index in [2.05, 4.69) is 81.2 Å². The van der Waals surface area contributed by atoms with E-state index in [0.29, 0.717) is 10.8 Å². The number of H-pyrrole nitrogens is 1. The van der Waals surface area contributed by atoms with Crippen molar-refractivity contribution in [3.63, 3.8) is 0 Å². The molecule has 1 aromatic heterocycles. The molecular weight excluding hydrogens is 278 g/mol. The van der Waals surface area contributed by atoms with Gasteiger partial charge in [-0.15, -0.1) is 0 Å². The van der Waals surface area contributed by atoms with Gasteiger partial charge in [0.2, 0.25) is 0 Å². The van der Waals surface area contributed by atoms with Crippen molar-refractivity contribution in [1.29, 1.82) is 0 Å². The van der Waals surface area contributed by atoms with Gasteiger partial charge >= 0.3 is 0 Å². The molecule has 0 aliphatic heterocycles. The lowest BCUT2D eigenvalue weighted by Crippen LogP contribution is -2.35. The number of nitrogens with one attached hydrogen (secondary N) is 1. The summed E-state index contributed by atoms with van der Waals surface area (Å²) in [5.41, 5.74) is 3.57. The quantitative estimate of drug-likeness (QED) is 0.463. The number of aromatic amines is 1. The molecule has 1 heterocycles. The molecule has 0 radical (unpaired) electrons. The number of aromatic nitrogens is 1. The second-order valence-corrected chi connectivity index (χ2v) is 8.19. The maximum absolute atomic E-state index is 3.38. The first-order chi connectivity index (χ1) is 10.9. The molecule has 3 aromatic rings. The molecule has 1 nitrogen and oxygen atoms in total. The van der Waals surface area contributed by atoms with Crippen LogP contribution in [-0.2, 0) is 0 Å². The predicted octanol–water partition coefficient (Wildman–Crippen LogP) is 6.93. The number of fused-ring (bicyclic) bond motifs is 3. The first kappa shape index (κ1) is 16.1. The fourth-order valence-corrected chi connectivity index (χ4v) is 3.61. The lowest BCUT2D eigenvalue weighted by Gasteiger charge is -2.45. The van der Waals surface area contributed by atoms with Crippen LogP contribution in [-0.4, -0.2) is 4.98 Å². The predicted molar refractivity (Wildman–Crippen MR) is 102 cm³/mol. The molecule has 0 amide bonds. The van der Waals surface area contributed by atoms with E-state index in [-0.39, 0.29) is 0 Å². The first-order valence-electron chi connectivity index (χ1n) is 8.86. The van der Waals surface area contributed by atoms with Gasteiger partial charge < -0.3 is 4.98 Å². The highest BCUT2D eigenvalue weighted by Crippen LogP contribution is 2.49. The van der Waals surface area contributed by atoms with Crippen LogP contribution in [0.4, 0.5) is 0 Å². The molecule has 1 aliphatic carbocycles. The van der Waals surface area contributed by atoms with Crippen molar-refractivity contribution >= 4 is 21.8 Å². The summed E-state index contributed by atoms with van der Waals surface area (Å²) in [6.45, 7) is 9.64. The van der Waals surface area contributed by atoms with Gasteiger partial charge in [-0.25, -0.2) is 0 Å². The topological polar surface area (TPSA) is 15.8 Å². The van der Waals surface area contributed by atoms with Gasteiger partial charge in [0.1, 0.15) is 0 Å². The molecule has 0 unspecified atom stereocenters. The minimum Gasteiger partial charge on any atom is -0.355 e. The molecular formula is C22H29N. The van der Waals surface area contributed by atoms with E-state index in [0.717, 1.165) is 0 Å². The highest BCUT2D eigenvalue weighted by atomic mass is 14.7. The van der Waals surface area contributed by atoms with E-state index in [1.807, 2.05) is 0 Å². The number of para-hydroxylation sites is 2. The van der Waals surface area contributed by atoms with Crippen LogP contribution in [0.25, 0.3) is 21.8 Å². The lowest BCUT2D eigenvalue weighted by atomic mass is 9.60. The van der Waals surface area contributed by atoms with Gasteiger partial charge in [-0.2, -0.15) is 0 Å². The van der Waals surface area contributed by atoms with E-state index < -0.39 is 0 Å². The first-order valence-corrected chi connectivity index (χ1v) is 8.86. The average molecular weight is 307 g/mol. The third-order valence-corrected chi connectivity index (χ3v) is 6.10. The van der Waals surface area contributed by atoms with Gasteiger partial charge in [0, 0.05) is 21.8 Å². The fourth-order valence-electron chi connectivity index (χ4n) is 3.61. The molecule has 1 aliphatic rings. The zero-order valence-corrected chi connectivity index (χ0v) is 14.9. The van der Waals surface area contributed by atoms with Crippen molar-refractivity contribution in [2.75, 3.05) is 0 Å². The Labute approximate surface area is 140 Å². The summed E-state index contributed by atoms with van der Waals surface area (Å²) in [5.74, 6) is 0. The van der Waals surface area contributed by atoms with E-state index in [1.54, 1.807) is 0 Å². The summed E-state index contributed by atoms with van der Waals surface area (Å²) in [7, 11) is 0. The third kappa shape index (κ3) is 3.15. The maximum atomic E-state index is 3.38. The standard InChI is InChI=1S/C12H9N.C10H20/c1-3-7-11-9(5-1)10-6-2-4-8-12(10)13-11;1-9(2)7-5-6-8-10(9,3)4/h1-8,13H;5-8H2,1-4H3. The number of hydrogen-bond acceptors (Lipinski definition) is 0. The normalized spacial score (nSPS) is 19.3. The average Bonchev–Trinajstić information content (AvgIpc) is 2.90. The molecule has 0 spiro atoms. The Balaban J connectivity index is 0.000000142. The van der Waals surface area contributed by atoms with Gasteiger partial charge in [0.05, 0.1) is 0 Å². The third-order valence-electron chi connectivity index (χ3n) is 6.10. The van der Waals surface area contributed by atoms with Gasteiger partial charge in [0.15, 0.2) is 0 Å². The summed E-state index contributed by atoms with van der Waals surface area (Å²) in [5, 5.41) is 2.61. The molecule has 122 valence electrons. The zero-order valence-electron chi connectivity index (χ0n) is 14.9. The molecule has 23 heavy (non-hydrogen) atoms. The largest absolute Gasteiger partial charge is 0.355 e. The highest BCUT2D eigenvalue weighted by molar-refractivity contribution is 6.06. The van der Waals surface area contributed by atoms with Crippen LogP contribution >= 0.6 is 0 Å². The van der Waals surface area contributed by atoms with Crippen molar-refractivity contribution in [2.45, 2.75) is 53.4 Å². The van der Waals surface area contributed by atoms with Crippen LogP contribution in [0.15, 0.2) is 48.5 Å². The minimum atomic E-state index is 0.575. The second kappa shape index (κ2) is 6.03. The van der Waals surface area contributed by atoms with Crippen molar-refractivity contribution in [1.82, 2.24) is 4.98 Å². The van der Waals surface area contributed by atoms with Crippen LogP contribution in [0.1, 0.15) is 53.4 Å². The molecule has 0 atom stereocenters. The van der Waals surface area contributed by atoms with Gasteiger partial charge in [-0.3, -0.25) is 0 Å². The highest BCUT2D eigenvalue weighted by Gasteiger charge is 2.38. The van der Waals surface area contributed by atoms with E-state index in [1.165, 1.54) is 47.5 Å². The smallest absolute Gasteiger partial charge is 0.0464 e. The van der Waals surface area contributed by atoms with Crippen LogP contribution in [0.3, 0.4) is 0 Å². The van der Waals surface area contributed by atoms with Gasteiger partial charge in [-0.1, -0.05) is 76.9 Å². The summed E-state index contributed by atoms with van der Waals surface area (Å²) in [6, 6.07) is 16.8. The minimum absolute atomic E-state index is 0.575. The van der Waals surface area contributed by atoms with Crippen molar-refractivity contribution in [3.05, 3.63) is 48.5 Å². The Morgan fingerprint density at radius 3 is 1.43 bits per heavy atom. The Morgan fingerprint density at radius 1 is 0.652 bits per heavy atom. The van der Waals surface area contributed by atoms with Crippen molar-refractivity contribution in [2.24, 2.45) is 10.8 Å². The van der Waals surface area contributed by atoms with E-state index >= 15 is 0 Å². The van der Waals surface area contributed by atoms with Crippen LogP contribution < -0.4 is 0 Å². The Bertz CT molecular complexity index is 725. The number of rotatable bonds is 0. The molecule has 1 N–H and O–H groups in total. The van der Waals surface area contributed by atoms with Crippen LogP contribution in [0.2, 0.25) is 0 Å². The molecule has 0 bridgehead atoms.